The smallest absolute Gasteiger partial charge is 0.425 e. The summed E-state index contributed by atoms with van der Waals surface area (Å²) in [6.45, 7) is 2.47. The molecule has 0 unspecified atom stereocenters. The summed E-state index contributed by atoms with van der Waals surface area (Å²) < 4.78 is 9.54. The molecule has 0 radical (unpaired) electrons. The van der Waals surface area contributed by atoms with E-state index in [0.717, 1.165) is 5.75 Å². The van der Waals surface area contributed by atoms with Crippen molar-refractivity contribution in [2.75, 3.05) is 19.0 Å². The number of methoxy groups -OCH3 is 1. The van der Waals surface area contributed by atoms with Gasteiger partial charge in [-0.25, -0.2) is 20.4 Å². The van der Waals surface area contributed by atoms with Crippen molar-refractivity contribution in [3.8, 4) is 5.75 Å². The van der Waals surface area contributed by atoms with Crippen molar-refractivity contribution < 1.29 is 19.1 Å². The number of urea groups is 1. The number of rotatable bonds is 3. The lowest BCUT2D eigenvalue weighted by atomic mass is 10.3. The van der Waals surface area contributed by atoms with Gasteiger partial charge in [0.2, 0.25) is 0 Å². The monoisotopic (exact) mass is 253 g/mol. The Labute approximate surface area is 104 Å². The van der Waals surface area contributed by atoms with Gasteiger partial charge >= 0.3 is 12.1 Å². The molecular weight excluding hydrogens is 238 g/mol. The molecule has 0 saturated heterocycles. The Hall–Kier alpha value is -2.44. The maximum absolute atomic E-state index is 11.3. The zero-order chi connectivity index (χ0) is 13.4. The zero-order valence-corrected chi connectivity index (χ0v) is 10.1. The van der Waals surface area contributed by atoms with E-state index in [0.29, 0.717) is 12.3 Å². The minimum atomic E-state index is -0.753. The highest BCUT2D eigenvalue weighted by Crippen LogP contribution is 2.15. The van der Waals surface area contributed by atoms with Crippen LogP contribution in [0, 0.1) is 0 Å². The number of amides is 3. The summed E-state index contributed by atoms with van der Waals surface area (Å²) in [4.78, 5) is 22.0. The number of hydrogen-bond donors (Lipinski definition) is 3. The van der Waals surface area contributed by atoms with Gasteiger partial charge in [0.15, 0.2) is 0 Å². The lowest BCUT2D eigenvalue weighted by Crippen LogP contribution is -2.43. The van der Waals surface area contributed by atoms with E-state index in [4.69, 9.17) is 4.74 Å². The van der Waals surface area contributed by atoms with Crippen LogP contribution in [-0.4, -0.2) is 25.8 Å². The van der Waals surface area contributed by atoms with Crippen LogP contribution in [0.4, 0.5) is 15.3 Å². The molecule has 7 heteroatoms. The highest BCUT2D eigenvalue weighted by molar-refractivity contribution is 5.90. The van der Waals surface area contributed by atoms with Crippen molar-refractivity contribution in [3.05, 3.63) is 24.3 Å². The fourth-order valence-corrected chi connectivity index (χ4v) is 1.12. The summed E-state index contributed by atoms with van der Waals surface area (Å²) in [5, 5.41) is 2.51. The SMILES string of the molecule is CCOc1ccc(NC(=O)NNC(=O)OC)cc1. The highest BCUT2D eigenvalue weighted by atomic mass is 16.5. The topological polar surface area (TPSA) is 88.7 Å². The minimum absolute atomic E-state index is 0.572. The van der Waals surface area contributed by atoms with E-state index < -0.39 is 12.1 Å². The summed E-state index contributed by atoms with van der Waals surface area (Å²) in [7, 11) is 1.20. The Balaban J connectivity index is 2.42. The minimum Gasteiger partial charge on any atom is -0.494 e. The summed E-state index contributed by atoms with van der Waals surface area (Å²) >= 11 is 0. The van der Waals surface area contributed by atoms with E-state index in [2.05, 4.69) is 15.5 Å². The van der Waals surface area contributed by atoms with E-state index in [1.54, 1.807) is 24.3 Å². The van der Waals surface area contributed by atoms with Crippen LogP contribution >= 0.6 is 0 Å². The number of carbonyl (C=O) groups excluding carboxylic acids is 2. The van der Waals surface area contributed by atoms with Gasteiger partial charge in [-0.1, -0.05) is 0 Å². The molecule has 0 heterocycles. The molecule has 0 aromatic heterocycles. The normalized spacial score (nSPS) is 9.22. The molecule has 0 aliphatic heterocycles. The average molecular weight is 253 g/mol. The van der Waals surface area contributed by atoms with Crippen LogP contribution in [0.1, 0.15) is 6.92 Å². The summed E-state index contributed by atoms with van der Waals surface area (Å²) in [5.41, 5.74) is 4.72. The molecule has 3 amide bonds. The van der Waals surface area contributed by atoms with Gasteiger partial charge in [0.25, 0.3) is 0 Å². The number of hydrogen-bond acceptors (Lipinski definition) is 4. The number of benzene rings is 1. The quantitative estimate of drug-likeness (QED) is 0.712. The molecule has 1 rings (SSSR count). The predicted octanol–water partition coefficient (Wildman–Crippen LogP) is 1.48. The fourth-order valence-electron chi connectivity index (χ4n) is 1.12. The molecule has 1 aromatic carbocycles. The molecule has 98 valence electrons. The largest absolute Gasteiger partial charge is 0.494 e. The van der Waals surface area contributed by atoms with Crippen molar-refractivity contribution in [1.82, 2.24) is 10.9 Å². The van der Waals surface area contributed by atoms with Gasteiger partial charge < -0.3 is 14.8 Å². The van der Waals surface area contributed by atoms with E-state index in [1.807, 2.05) is 12.3 Å². The van der Waals surface area contributed by atoms with Crippen molar-refractivity contribution >= 4 is 17.8 Å². The van der Waals surface area contributed by atoms with Gasteiger partial charge in [-0.05, 0) is 31.2 Å². The first-order valence-electron chi connectivity index (χ1n) is 5.29. The summed E-state index contributed by atoms with van der Waals surface area (Å²) in [6.07, 6.45) is -0.753. The van der Waals surface area contributed by atoms with Crippen LogP contribution in [0.5, 0.6) is 5.75 Å². The van der Waals surface area contributed by atoms with E-state index in [9.17, 15) is 9.59 Å². The Morgan fingerprint density at radius 3 is 2.39 bits per heavy atom. The lowest BCUT2D eigenvalue weighted by molar-refractivity contribution is 0.166. The first-order valence-corrected chi connectivity index (χ1v) is 5.29. The van der Waals surface area contributed by atoms with Crippen LogP contribution in [0.15, 0.2) is 24.3 Å². The number of carbonyl (C=O) groups is 2. The van der Waals surface area contributed by atoms with Gasteiger partial charge in [-0.2, -0.15) is 0 Å². The van der Waals surface area contributed by atoms with Crippen molar-refractivity contribution in [2.24, 2.45) is 0 Å². The Bertz CT molecular complexity index is 405. The first-order chi connectivity index (χ1) is 8.65. The third kappa shape index (κ3) is 4.60. The van der Waals surface area contributed by atoms with Gasteiger partial charge in [0.05, 0.1) is 13.7 Å². The zero-order valence-electron chi connectivity index (χ0n) is 10.1. The van der Waals surface area contributed by atoms with E-state index in [-0.39, 0.29) is 0 Å². The molecule has 0 spiro atoms. The fraction of sp³-hybridized carbons (Fsp3) is 0.273. The molecule has 1 aromatic rings. The van der Waals surface area contributed by atoms with Crippen LogP contribution in [0.25, 0.3) is 0 Å². The van der Waals surface area contributed by atoms with Crippen LogP contribution in [0.3, 0.4) is 0 Å². The van der Waals surface area contributed by atoms with Crippen molar-refractivity contribution in [2.45, 2.75) is 6.92 Å². The summed E-state index contributed by atoms with van der Waals surface area (Å²) in [5.74, 6) is 0.719. The molecule has 0 aliphatic rings. The van der Waals surface area contributed by atoms with E-state index >= 15 is 0 Å². The molecule has 3 N–H and O–H groups in total. The van der Waals surface area contributed by atoms with Crippen LogP contribution in [0.2, 0.25) is 0 Å². The first kappa shape index (κ1) is 13.6. The number of ether oxygens (including phenoxy) is 2. The van der Waals surface area contributed by atoms with Crippen LogP contribution in [-0.2, 0) is 4.74 Å². The maximum Gasteiger partial charge on any atom is 0.425 e. The molecular formula is C11H15N3O4. The Kier molecular flexibility index (Phi) is 5.30. The molecule has 0 saturated carbocycles. The van der Waals surface area contributed by atoms with Gasteiger partial charge in [0.1, 0.15) is 5.75 Å². The third-order valence-corrected chi connectivity index (χ3v) is 1.89. The average Bonchev–Trinajstić information content (AvgIpc) is 2.38. The highest BCUT2D eigenvalue weighted by Gasteiger charge is 2.03. The van der Waals surface area contributed by atoms with Gasteiger partial charge in [-0.3, -0.25) is 0 Å². The second-order valence-electron chi connectivity index (χ2n) is 3.15. The number of nitrogens with one attached hydrogen (secondary N) is 3. The second kappa shape index (κ2) is 7.00. The maximum atomic E-state index is 11.3. The molecule has 0 atom stereocenters. The Morgan fingerprint density at radius 2 is 1.83 bits per heavy atom. The van der Waals surface area contributed by atoms with Gasteiger partial charge in [-0.15, -0.1) is 0 Å². The number of hydrazine groups is 1. The molecule has 0 bridgehead atoms. The molecule has 0 fully saturated rings. The van der Waals surface area contributed by atoms with E-state index in [1.165, 1.54) is 7.11 Å². The van der Waals surface area contributed by atoms with Crippen LogP contribution < -0.4 is 20.9 Å². The molecule has 0 aliphatic carbocycles. The predicted molar refractivity (Wildman–Crippen MR) is 65.3 cm³/mol. The third-order valence-electron chi connectivity index (χ3n) is 1.89. The van der Waals surface area contributed by atoms with Gasteiger partial charge in [0, 0.05) is 5.69 Å². The second-order valence-corrected chi connectivity index (χ2v) is 3.15. The van der Waals surface area contributed by atoms with Crippen molar-refractivity contribution in [3.63, 3.8) is 0 Å². The molecule has 7 nitrogen and oxygen atoms in total. The van der Waals surface area contributed by atoms with Crippen molar-refractivity contribution in [1.29, 1.82) is 0 Å². The summed E-state index contributed by atoms with van der Waals surface area (Å²) in [6, 6.07) is 6.25. The lowest BCUT2D eigenvalue weighted by Gasteiger charge is -2.08. The number of anilines is 1. The molecule has 18 heavy (non-hydrogen) atoms. The standard InChI is InChI=1S/C11H15N3O4/c1-3-18-9-6-4-8(5-7-9)12-10(15)13-14-11(16)17-2/h4-7H,3H2,1-2H3,(H,14,16)(H2,12,13,15). The Morgan fingerprint density at radius 1 is 1.17 bits per heavy atom.